The Balaban J connectivity index is 1.48. The summed E-state index contributed by atoms with van der Waals surface area (Å²) in [5.74, 6) is -1.88. The SMILES string of the molecule is CC(C)(C)c1cn([C@@H]2O[C@H](COC(=O)c3ccccc3)[C@@H](OC(=O)c3ccccc3)[C@H]2OC(=O)c2ccccc2)nn1. The molecule has 0 bridgehead atoms. The van der Waals surface area contributed by atoms with Gasteiger partial charge in [-0.25, -0.2) is 19.1 Å². The minimum absolute atomic E-state index is 0.281. The molecular weight excluding hydrogens is 538 g/mol. The summed E-state index contributed by atoms with van der Waals surface area (Å²) < 4.78 is 25.2. The van der Waals surface area contributed by atoms with Gasteiger partial charge in [0.15, 0.2) is 18.4 Å². The zero-order chi connectivity index (χ0) is 29.7. The third-order valence-corrected chi connectivity index (χ3v) is 6.72. The highest BCUT2D eigenvalue weighted by Crippen LogP contribution is 2.35. The first-order chi connectivity index (χ1) is 20.2. The van der Waals surface area contributed by atoms with Gasteiger partial charge in [0.25, 0.3) is 0 Å². The van der Waals surface area contributed by atoms with Gasteiger partial charge in [-0.2, -0.15) is 0 Å². The number of hydrogen-bond acceptors (Lipinski definition) is 9. The Bertz CT molecular complexity index is 1520. The molecule has 1 saturated heterocycles. The fourth-order valence-electron chi connectivity index (χ4n) is 4.41. The molecule has 0 radical (unpaired) electrons. The lowest BCUT2D eigenvalue weighted by Crippen LogP contribution is -2.41. The summed E-state index contributed by atoms with van der Waals surface area (Å²) in [6.07, 6.45) is -2.63. The maximum absolute atomic E-state index is 13.3. The van der Waals surface area contributed by atoms with E-state index in [9.17, 15) is 14.4 Å². The molecule has 0 saturated carbocycles. The molecule has 216 valence electrons. The van der Waals surface area contributed by atoms with E-state index in [1.165, 1.54) is 4.68 Å². The van der Waals surface area contributed by atoms with Crippen LogP contribution in [-0.4, -0.2) is 57.8 Å². The molecule has 4 aromatic rings. The van der Waals surface area contributed by atoms with Crippen molar-refractivity contribution >= 4 is 17.9 Å². The monoisotopic (exact) mass is 569 g/mol. The van der Waals surface area contributed by atoms with E-state index in [-0.39, 0.29) is 12.0 Å². The quantitative estimate of drug-likeness (QED) is 0.218. The van der Waals surface area contributed by atoms with Gasteiger partial charge in [0.1, 0.15) is 12.7 Å². The van der Waals surface area contributed by atoms with E-state index < -0.39 is 42.4 Å². The molecule has 3 aromatic carbocycles. The summed E-state index contributed by atoms with van der Waals surface area (Å²) in [6.45, 7) is 5.68. The Morgan fingerprint density at radius 1 is 0.738 bits per heavy atom. The van der Waals surface area contributed by atoms with E-state index in [4.69, 9.17) is 18.9 Å². The highest BCUT2D eigenvalue weighted by molar-refractivity contribution is 5.91. The lowest BCUT2D eigenvalue weighted by atomic mass is 9.93. The molecular formula is C32H31N3O7. The maximum Gasteiger partial charge on any atom is 0.338 e. The van der Waals surface area contributed by atoms with Gasteiger partial charge < -0.3 is 18.9 Å². The fraction of sp³-hybridized carbons (Fsp3) is 0.281. The standard InChI is InChI=1S/C32H31N3O7/c1-32(2,3)25-19-35(34-33-25)28-27(42-31(38)23-17-11-6-12-18-23)26(41-30(37)22-15-9-5-10-16-22)24(40-28)20-39-29(36)21-13-7-4-8-14-21/h4-19,24,26-28H,20H2,1-3H3/t24-,26-,27-,28-/m1/s1. The lowest BCUT2D eigenvalue weighted by Gasteiger charge is -2.24. The number of carbonyl (C=O) groups excluding carboxylic acids is 3. The van der Waals surface area contributed by atoms with Crippen molar-refractivity contribution < 1.29 is 33.3 Å². The zero-order valence-electron chi connectivity index (χ0n) is 23.5. The minimum atomic E-state index is -1.15. The van der Waals surface area contributed by atoms with Crippen molar-refractivity contribution in [3.05, 3.63) is 120 Å². The summed E-state index contributed by atoms with van der Waals surface area (Å²) >= 11 is 0. The van der Waals surface area contributed by atoms with Gasteiger partial charge >= 0.3 is 17.9 Å². The van der Waals surface area contributed by atoms with Crippen LogP contribution in [0, 0.1) is 0 Å². The Morgan fingerprint density at radius 3 is 1.69 bits per heavy atom. The first-order valence-corrected chi connectivity index (χ1v) is 13.5. The number of carbonyl (C=O) groups is 3. The molecule has 5 rings (SSSR count). The van der Waals surface area contributed by atoms with Crippen molar-refractivity contribution in [1.82, 2.24) is 15.0 Å². The van der Waals surface area contributed by atoms with Crippen LogP contribution in [0.1, 0.15) is 63.8 Å². The normalized spacial score (nSPS) is 20.1. The highest BCUT2D eigenvalue weighted by Gasteiger charge is 2.52. The molecule has 1 aliphatic heterocycles. The van der Waals surface area contributed by atoms with Crippen LogP contribution in [0.25, 0.3) is 0 Å². The van der Waals surface area contributed by atoms with Gasteiger partial charge in [0, 0.05) is 5.41 Å². The average molecular weight is 570 g/mol. The van der Waals surface area contributed by atoms with Gasteiger partial charge in [0.05, 0.1) is 28.6 Å². The first-order valence-electron chi connectivity index (χ1n) is 13.5. The van der Waals surface area contributed by atoms with Crippen molar-refractivity contribution in [2.75, 3.05) is 6.61 Å². The van der Waals surface area contributed by atoms with Crippen LogP contribution in [0.5, 0.6) is 0 Å². The second-order valence-electron chi connectivity index (χ2n) is 10.8. The van der Waals surface area contributed by atoms with Gasteiger partial charge in [-0.3, -0.25) is 0 Å². The zero-order valence-corrected chi connectivity index (χ0v) is 23.5. The number of rotatable bonds is 8. The van der Waals surface area contributed by atoms with Crippen LogP contribution >= 0.6 is 0 Å². The Hall–Kier alpha value is -4.83. The number of aromatic nitrogens is 3. The largest absolute Gasteiger partial charge is 0.459 e. The molecule has 2 heterocycles. The van der Waals surface area contributed by atoms with Crippen molar-refractivity contribution in [3.8, 4) is 0 Å². The lowest BCUT2D eigenvalue weighted by molar-refractivity contribution is -0.0678. The van der Waals surface area contributed by atoms with E-state index in [1.54, 1.807) is 97.2 Å². The Kier molecular flexibility index (Phi) is 8.44. The number of esters is 3. The van der Waals surface area contributed by atoms with Crippen molar-refractivity contribution in [2.45, 2.75) is 50.7 Å². The molecule has 0 aliphatic carbocycles. The molecule has 1 aromatic heterocycles. The Labute approximate surface area is 243 Å². The van der Waals surface area contributed by atoms with E-state index in [0.717, 1.165) is 0 Å². The molecule has 4 atom stereocenters. The fourth-order valence-corrected chi connectivity index (χ4v) is 4.41. The number of nitrogens with zero attached hydrogens (tertiary/aromatic N) is 3. The van der Waals surface area contributed by atoms with E-state index in [2.05, 4.69) is 10.3 Å². The molecule has 10 nitrogen and oxygen atoms in total. The molecule has 1 fully saturated rings. The van der Waals surface area contributed by atoms with E-state index in [1.807, 2.05) is 20.8 Å². The molecule has 0 unspecified atom stereocenters. The predicted molar refractivity (Wildman–Crippen MR) is 151 cm³/mol. The highest BCUT2D eigenvalue weighted by atomic mass is 16.7. The van der Waals surface area contributed by atoms with Crippen LogP contribution in [-0.2, 0) is 24.4 Å². The third kappa shape index (κ3) is 6.55. The van der Waals surface area contributed by atoms with Crippen LogP contribution in [0.15, 0.2) is 97.2 Å². The number of benzene rings is 3. The van der Waals surface area contributed by atoms with Crippen molar-refractivity contribution in [3.63, 3.8) is 0 Å². The molecule has 42 heavy (non-hydrogen) atoms. The molecule has 0 amide bonds. The minimum Gasteiger partial charge on any atom is -0.459 e. The predicted octanol–water partition coefficient (Wildman–Crippen LogP) is 4.78. The van der Waals surface area contributed by atoms with Crippen molar-refractivity contribution in [1.29, 1.82) is 0 Å². The van der Waals surface area contributed by atoms with Crippen LogP contribution in [0.3, 0.4) is 0 Å². The van der Waals surface area contributed by atoms with Crippen LogP contribution < -0.4 is 0 Å². The van der Waals surface area contributed by atoms with Gasteiger partial charge in [-0.05, 0) is 36.4 Å². The molecule has 0 N–H and O–H groups in total. The van der Waals surface area contributed by atoms with Crippen LogP contribution in [0.4, 0.5) is 0 Å². The second-order valence-corrected chi connectivity index (χ2v) is 10.8. The summed E-state index contributed by atoms with van der Waals surface area (Å²) in [5.41, 5.74) is 1.30. The molecule has 0 spiro atoms. The number of ether oxygens (including phenoxy) is 4. The summed E-state index contributed by atoms with van der Waals surface area (Å²) in [6, 6.07) is 25.3. The number of hydrogen-bond donors (Lipinski definition) is 0. The molecule has 1 aliphatic rings. The molecule has 10 heteroatoms. The second kappa shape index (κ2) is 12.4. The summed E-state index contributed by atoms with van der Waals surface area (Å²) in [7, 11) is 0. The Morgan fingerprint density at radius 2 is 1.21 bits per heavy atom. The van der Waals surface area contributed by atoms with Gasteiger partial charge in [-0.1, -0.05) is 80.6 Å². The summed E-state index contributed by atoms with van der Waals surface area (Å²) in [4.78, 5) is 39.2. The summed E-state index contributed by atoms with van der Waals surface area (Å²) in [5, 5.41) is 8.52. The smallest absolute Gasteiger partial charge is 0.338 e. The topological polar surface area (TPSA) is 119 Å². The van der Waals surface area contributed by atoms with Crippen molar-refractivity contribution in [2.24, 2.45) is 0 Å². The first kappa shape index (κ1) is 28.7. The third-order valence-electron chi connectivity index (χ3n) is 6.72. The van der Waals surface area contributed by atoms with E-state index in [0.29, 0.717) is 22.4 Å². The van der Waals surface area contributed by atoms with Crippen LogP contribution in [0.2, 0.25) is 0 Å². The van der Waals surface area contributed by atoms with Gasteiger partial charge in [-0.15, -0.1) is 5.10 Å². The van der Waals surface area contributed by atoms with Gasteiger partial charge in [0.2, 0.25) is 0 Å². The average Bonchev–Trinajstić information content (AvgIpc) is 3.63. The van der Waals surface area contributed by atoms with E-state index >= 15 is 0 Å². The maximum atomic E-state index is 13.3.